The Morgan fingerprint density at radius 3 is 2.59 bits per heavy atom. The Balaban J connectivity index is 0.798. The fourth-order valence-corrected chi connectivity index (χ4v) is 9.84. The molecule has 2 amide bonds. The molecule has 3 N–H and O–H groups in total. The van der Waals surface area contributed by atoms with Gasteiger partial charge in [-0.1, -0.05) is 11.6 Å². The standard InChI is InChI=1S/C43H48ClF2N11O4/c1-23-19-56(27-7-8-28-33(17-27)54(3)52-35(28)29-9-11-34(58)49-40(29)59)15-14-55(23)20-24-12-13-57(21-24)42-47-18-31(44)39(51-42)48-26-6-10-32-30(16-26)36-37(41(60)53(32)2)61-22-43(45,46)38(50-36)25-4-5-25/h6-8,10,16-18,23-25,29,38,50H,4-5,9,11-15,19-22H2,1-3H3,(H,47,48,51)(H,49,58,59). The molecule has 3 aromatic heterocycles. The van der Waals surface area contributed by atoms with E-state index in [0.29, 0.717) is 71.0 Å². The van der Waals surface area contributed by atoms with E-state index in [9.17, 15) is 14.4 Å². The second-order valence-corrected chi connectivity index (χ2v) is 17.8. The molecule has 7 heterocycles. The van der Waals surface area contributed by atoms with Gasteiger partial charge in [0, 0.05) is 88.0 Å². The molecule has 3 saturated heterocycles. The number of nitrogens with one attached hydrogen (secondary N) is 3. The van der Waals surface area contributed by atoms with Crippen LogP contribution in [0, 0.1) is 11.8 Å². The van der Waals surface area contributed by atoms with Gasteiger partial charge in [-0.25, -0.2) is 13.8 Å². The summed E-state index contributed by atoms with van der Waals surface area (Å²) in [6.07, 6.45) is 4.77. The minimum Gasteiger partial charge on any atom is -0.480 e. The van der Waals surface area contributed by atoms with Crippen LogP contribution >= 0.6 is 11.6 Å². The van der Waals surface area contributed by atoms with Gasteiger partial charge in [0.15, 0.2) is 12.4 Å². The van der Waals surface area contributed by atoms with Crippen molar-refractivity contribution in [2.24, 2.45) is 25.9 Å². The number of pyridine rings is 1. The molecule has 0 radical (unpaired) electrons. The van der Waals surface area contributed by atoms with Crippen LogP contribution in [-0.2, 0) is 23.7 Å². The molecule has 15 nitrogen and oxygen atoms in total. The first-order valence-corrected chi connectivity index (χ1v) is 21.5. The predicted molar refractivity (Wildman–Crippen MR) is 229 cm³/mol. The maximum Gasteiger partial charge on any atom is 0.301 e. The third-order valence-electron chi connectivity index (χ3n) is 13.2. The Hall–Kier alpha value is -5.55. The van der Waals surface area contributed by atoms with Crippen molar-refractivity contribution >= 4 is 74.0 Å². The fraction of sp³-hybridized carbons (Fsp3) is 0.488. The highest BCUT2D eigenvalue weighted by molar-refractivity contribution is 6.33. The van der Waals surface area contributed by atoms with Crippen molar-refractivity contribution in [1.29, 1.82) is 0 Å². The van der Waals surface area contributed by atoms with Crippen molar-refractivity contribution < 1.29 is 23.1 Å². The molecule has 4 fully saturated rings. The van der Waals surface area contributed by atoms with Gasteiger partial charge in [0.2, 0.25) is 23.5 Å². The summed E-state index contributed by atoms with van der Waals surface area (Å²) < 4.78 is 39.1. The number of hydrogen-bond donors (Lipinski definition) is 3. The predicted octanol–water partition coefficient (Wildman–Crippen LogP) is 5.39. The third kappa shape index (κ3) is 7.28. The van der Waals surface area contributed by atoms with Gasteiger partial charge in [-0.05, 0) is 80.8 Å². The van der Waals surface area contributed by atoms with Gasteiger partial charge in [-0.3, -0.25) is 29.3 Å². The Morgan fingerprint density at radius 2 is 1.80 bits per heavy atom. The highest BCUT2D eigenvalue weighted by atomic mass is 35.5. The third-order valence-corrected chi connectivity index (χ3v) is 13.5. The quantitative estimate of drug-likeness (QED) is 0.172. The SMILES string of the molecule is CC1CN(c2ccc3c(C4CCC(=O)NC4=O)nn(C)c3c2)CCN1CC1CCN(c2ncc(Cl)c(Nc3ccc4c(c3)c3c(c(=O)n4C)OCC(F)(F)C(C4CC4)N3)n2)C1. The lowest BCUT2D eigenvalue weighted by atomic mass is 9.93. The zero-order valence-electron chi connectivity index (χ0n) is 34.3. The maximum absolute atomic E-state index is 15.2. The number of ether oxygens (including phenoxy) is 1. The molecule has 10 rings (SSSR count). The van der Waals surface area contributed by atoms with E-state index in [4.69, 9.17) is 26.4 Å². The van der Waals surface area contributed by atoms with Crippen LogP contribution in [0.1, 0.15) is 50.6 Å². The summed E-state index contributed by atoms with van der Waals surface area (Å²) in [6, 6.07) is 10.9. The van der Waals surface area contributed by atoms with Crippen molar-refractivity contribution in [2.75, 3.05) is 66.3 Å². The molecular formula is C43H48ClF2N11O4. The highest BCUT2D eigenvalue weighted by Gasteiger charge is 2.51. The number of halogens is 3. The van der Waals surface area contributed by atoms with Crippen LogP contribution in [0.2, 0.25) is 5.02 Å². The first-order chi connectivity index (χ1) is 29.3. The van der Waals surface area contributed by atoms with E-state index < -0.39 is 30.0 Å². The number of amides is 2. The van der Waals surface area contributed by atoms with Crippen LogP contribution in [0.25, 0.3) is 21.8 Å². The van der Waals surface area contributed by atoms with Crippen LogP contribution in [-0.4, -0.2) is 105 Å². The molecule has 5 aromatic rings. The number of piperidine rings is 1. The van der Waals surface area contributed by atoms with Crippen molar-refractivity contribution in [3.63, 3.8) is 0 Å². The smallest absolute Gasteiger partial charge is 0.301 e. The van der Waals surface area contributed by atoms with Gasteiger partial charge in [0.25, 0.3) is 5.56 Å². The van der Waals surface area contributed by atoms with Crippen LogP contribution in [0.4, 0.5) is 37.6 Å². The minimum absolute atomic E-state index is 0.108. The molecule has 5 aliphatic rings. The summed E-state index contributed by atoms with van der Waals surface area (Å²) in [5, 5.41) is 15.4. The fourth-order valence-electron chi connectivity index (χ4n) is 9.70. The maximum atomic E-state index is 15.2. The van der Waals surface area contributed by atoms with Crippen LogP contribution in [0.15, 0.2) is 47.4 Å². The molecule has 1 saturated carbocycles. The van der Waals surface area contributed by atoms with Crippen LogP contribution in [0.3, 0.4) is 0 Å². The molecule has 4 aliphatic heterocycles. The average molecular weight is 856 g/mol. The van der Waals surface area contributed by atoms with E-state index in [1.165, 1.54) is 4.57 Å². The lowest BCUT2D eigenvalue weighted by molar-refractivity contribution is -0.134. The number of anilines is 5. The van der Waals surface area contributed by atoms with Crippen LogP contribution in [0.5, 0.6) is 5.75 Å². The molecule has 320 valence electrons. The number of carbonyl (C=O) groups is 2. The second kappa shape index (κ2) is 15.1. The Labute approximate surface area is 355 Å². The number of fused-ring (bicyclic) bond motifs is 4. The lowest BCUT2D eigenvalue weighted by Crippen LogP contribution is -2.53. The summed E-state index contributed by atoms with van der Waals surface area (Å²) in [5.41, 5.74) is 3.79. The topological polar surface area (TPSA) is 155 Å². The number of aromatic nitrogens is 5. The van der Waals surface area contributed by atoms with Gasteiger partial charge in [-0.15, -0.1) is 0 Å². The number of imide groups is 1. The zero-order valence-corrected chi connectivity index (χ0v) is 35.0. The summed E-state index contributed by atoms with van der Waals surface area (Å²) in [6.45, 7) is 6.65. The van der Waals surface area contributed by atoms with Crippen LogP contribution < -0.4 is 36.0 Å². The van der Waals surface area contributed by atoms with Gasteiger partial charge in [0.1, 0.15) is 5.02 Å². The van der Waals surface area contributed by atoms with E-state index in [1.54, 1.807) is 31.4 Å². The van der Waals surface area contributed by atoms with Gasteiger partial charge >= 0.3 is 5.92 Å². The Bertz CT molecular complexity index is 2650. The molecule has 18 heteroatoms. The normalized spacial score (nSPS) is 24.4. The van der Waals surface area contributed by atoms with Gasteiger partial charge in [0.05, 0.1) is 40.6 Å². The monoisotopic (exact) mass is 855 g/mol. The summed E-state index contributed by atoms with van der Waals surface area (Å²) in [7, 11) is 3.50. The number of alkyl halides is 2. The minimum atomic E-state index is -3.13. The number of piperazine rings is 1. The first kappa shape index (κ1) is 39.6. The molecule has 0 bridgehead atoms. The Kier molecular flexibility index (Phi) is 9.81. The number of hydrogen-bond acceptors (Lipinski definition) is 12. The van der Waals surface area contributed by atoms with Gasteiger partial charge in [-0.2, -0.15) is 10.1 Å². The molecule has 4 unspecified atom stereocenters. The largest absolute Gasteiger partial charge is 0.480 e. The molecule has 1 aliphatic carbocycles. The zero-order chi connectivity index (χ0) is 42.3. The molecule has 0 spiro atoms. The summed E-state index contributed by atoms with van der Waals surface area (Å²) in [5.74, 6) is -2.97. The molecule has 61 heavy (non-hydrogen) atoms. The number of carbonyl (C=O) groups excluding carboxylic acids is 2. The van der Waals surface area contributed by atoms with E-state index in [0.717, 1.165) is 68.0 Å². The summed E-state index contributed by atoms with van der Waals surface area (Å²) >= 11 is 6.65. The van der Waals surface area contributed by atoms with Crippen molar-refractivity contribution in [2.45, 2.75) is 63.0 Å². The first-order valence-electron chi connectivity index (χ1n) is 21.1. The van der Waals surface area contributed by atoms with E-state index in [2.05, 4.69) is 60.8 Å². The van der Waals surface area contributed by atoms with Crippen molar-refractivity contribution in [3.8, 4) is 5.75 Å². The second-order valence-electron chi connectivity index (χ2n) is 17.4. The lowest BCUT2D eigenvalue weighted by Gasteiger charge is -2.42. The molecular weight excluding hydrogens is 808 g/mol. The summed E-state index contributed by atoms with van der Waals surface area (Å²) in [4.78, 5) is 54.2. The number of aryl methyl sites for hydroxylation is 2. The number of benzene rings is 2. The molecule has 4 atom stereocenters. The number of nitrogens with zero attached hydrogens (tertiary/aromatic N) is 8. The molecule has 2 aromatic carbocycles. The van der Waals surface area contributed by atoms with E-state index >= 15 is 8.78 Å². The van der Waals surface area contributed by atoms with Crippen molar-refractivity contribution in [3.05, 3.63) is 63.7 Å². The van der Waals surface area contributed by atoms with Gasteiger partial charge < -0.3 is 29.7 Å². The average Bonchev–Trinajstić information content (AvgIpc) is 3.91. The highest BCUT2D eigenvalue weighted by Crippen LogP contribution is 2.46. The van der Waals surface area contributed by atoms with E-state index in [-0.39, 0.29) is 29.2 Å². The Morgan fingerprint density at radius 1 is 0.967 bits per heavy atom. The number of rotatable bonds is 8. The van der Waals surface area contributed by atoms with E-state index in [1.807, 2.05) is 11.7 Å². The van der Waals surface area contributed by atoms with Crippen molar-refractivity contribution in [1.82, 2.24) is 34.5 Å².